The van der Waals surface area contributed by atoms with E-state index in [0.717, 1.165) is 23.6 Å². The standard InChI is InChI=1S/C13H16N4/c14-7-6-12-15-13(17-16-12)11-5-4-9-2-1-3-10(9)8-11/h4-5,8H,1-3,6-7,14H2,(H,15,16,17). The molecule has 88 valence electrons. The molecule has 0 atom stereocenters. The van der Waals surface area contributed by atoms with Gasteiger partial charge in [-0.2, -0.15) is 5.10 Å². The molecular formula is C13H16N4. The third-order valence-corrected chi connectivity index (χ3v) is 3.27. The van der Waals surface area contributed by atoms with Gasteiger partial charge in [0, 0.05) is 12.0 Å². The molecule has 0 bridgehead atoms. The number of aromatic nitrogens is 3. The molecule has 1 aromatic heterocycles. The molecule has 4 nitrogen and oxygen atoms in total. The van der Waals surface area contributed by atoms with Crippen LogP contribution in [0.3, 0.4) is 0 Å². The molecule has 1 aliphatic carbocycles. The quantitative estimate of drug-likeness (QED) is 0.835. The van der Waals surface area contributed by atoms with Gasteiger partial charge >= 0.3 is 0 Å². The Morgan fingerprint density at radius 3 is 3.00 bits per heavy atom. The van der Waals surface area contributed by atoms with E-state index in [0.29, 0.717) is 6.54 Å². The number of aryl methyl sites for hydroxylation is 2. The van der Waals surface area contributed by atoms with E-state index in [4.69, 9.17) is 5.73 Å². The fourth-order valence-corrected chi connectivity index (χ4v) is 2.38. The Balaban J connectivity index is 1.92. The largest absolute Gasteiger partial charge is 0.330 e. The number of hydrogen-bond acceptors (Lipinski definition) is 3. The molecule has 2 aromatic rings. The summed E-state index contributed by atoms with van der Waals surface area (Å²) >= 11 is 0. The number of nitrogens with two attached hydrogens (primary N) is 1. The van der Waals surface area contributed by atoms with Crippen molar-refractivity contribution in [1.29, 1.82) is 0 Å². The van der Waals surface area contributed by atoms with Crippen LogP contribution in [0.15, 0.2) is 18.2 Å². The van der Waals surface area contributed by atoms with Crippen LogP contribution in [0.5, 0.6) is 0 Å². The summed E-state index contributed by atoms with van der Waals surface area (Å²) in [7, 11) is 0. The lowest BCUT2D eigenvalue weighted by Gasteiger charge is -2.00. The second kappa shape index (κ2) is 4.30. The van der Waals surface area contributed by atoms with Crippen LogP contribution in [0.4, 0.5) is 0 Å². The molecule has 0 unspecified atom stereocenters. The zero-order valence-electron chi connectivity index (χ0n) is 9.74. The van der Waals surface area contributed by atoms with Crippen LogP contribution in [0.25, 0.3) is 11.4 Å². The van der Waals surface area contributed by atoms with Crippen molar-refractivity contribution >= 4 is 0 Å². The monoisotopic (exact) mass is 228 g/mol. The van der Waals surface area contributed by atoms with E-state index in [9.17, 15) is 0 Å². The van der Waals surface area contributed by atoms with Crippen molar-refractivity contribution in [2.45, 2.75) is 25.7 Å². The minimum atomic E-state index is 0.596. The van der Waals surface area contributed by atoms with Crippen LogP contribution in [0.1, 0.15) is 23.4 Å². The zero-order valence-corrected chi connectivity index (χ0v) is 9.74. The molecule has 3 rings (SSSR count). The smallest absolute Gasteiger partial charge is 0.181 e. The number of hydrogen-bond donors (Lipinski definition) is 2. The SMILES string of the molecule is NCCc1nc(-c2ccc3c(c2)CCC3)n[nH]1. The summed E-state index contributed by atoms with van der Waals surface area (Å²) < 4.78 is 0. The molecule has 0 saturated heterocycles. The molecule has 0 amide bonds. The van der Waals surface area contributed by atoms with Gasteiger partial charge in [0.15, 0.2) is 5.82 Å². The summed E-state index contributed by atoms with van der Waals surface area (Å²) in [4.78, 5) is 4.45. The maximum Gasteiger partial charge on any atom is 0.181 e. The van der Waals surface area contributed by atoms with Gasteiger partial charge in [-0.25, -0.2) is 4.98 Å². The van der Waals surface area contributed by atoms with E-state index >= 15 is 0 Å². The molecule has 0 spiro atoms. The molecular weight excluding hydrogens is 212 g/mol. The predicted octanol–water partition coefficient (Wildman–Crippen LogP) is 1.46. The van der Waals surface area contributed by atoms with E-state index in [1.165, 1.54) is 30.4 Å². The Morgan fingerprint density at radius 2 is 2.12 bits per heavy atom. The summed E-state index contributed by atoms with van der Waals surface area (Å²) in [6.45, 7) is 0.596. The van der Waals surface area contributed by atoms with Gasteiger partial charge < -0.3 is 5.73 Å². The fourth-order valence-electron chi connectivity index (χ4n) is 2.38. The number of aromatic amines is 1. The molecule has 4 heteroatoms. The summed E-state index contributed by atoms with van der Waals surface area (Å²) in [5, 5.41) is 7.17. The fraction of sp³-hybridized carbons (Fsp3) is 0.385. The Morgan fingerprint density at radius 1 is 1.24 bits per heavy atom. The Labute approximate surface area is 100 Å². The summed E-state index contributed by atoms with van der Waals surface area (Å²) in [6, 6.07) is 6.54. The van der Waals surface area contributed by atoms with Crippen molar-refractivity contribution in [2.24, 2.45) is 5.73 Å². The molecule has 0 fully saturated rings. The second-order valence-corrected chi connectivity index (χ2v) is 4.48. The first-order chi connectivity index (χ1) is 8.36. The topological polar surface area (TPSA) is 67.6 Å². The first-order valence-corrected chi connectivity index (χ1v) is 6.10. The van der Waals surface area contributed by atoms with Crippen LogP contribution < -0.4 is 5.73 Å². The minimum Gasteiger partial charge on any atom is -0.330 e. The lowest BCUT2D eigenvalue weighted by Crippen LogP contribution is -2.03. The molecule has 0 aliphatic heterocycles. The van der Waals surface area contributed by atoms with Crippen LogP contribution in [-0.2, 0) is 19.3 Å². The Hall–Kier alpha value is -1.68. The van der Waals surface area contributed by atoms with Crippen LogP contribution in [0.2, 0.25) is 0 Å². The van der Waals surface area contributed by atoms with E-state index in [1.54, 1.807) is 0 Å². The third kappa shape index (κ3) is 1.96. The first-order valence-electron chi connectivity index (χ1n) is 6.10. The highest BCUT2D eigenvalue weighted by molar-refractivity contribution is 5.57. The number of nitrogens with zero attached hydrogens (tertiary/aromatic N) is 2. The van der Waals surface area contributed by atoms with Crippen LogP contribution in [-0.4, -0.2) is 21.7 Å². The van der Waals surface area contributed by atoms with E-state index in [-0.39, 0.29) is 0 Å². The Bertz CT molecular complexity index is 530. The number of H-pyrrole nitrogens is 1. The number of nitrogens with one attached hydrogen (secondary N) is 1. The van der Waals surface area contributed by atoms with Gasteiger partial charge in [0.05, 0.1) is 0 Å². The highest BCUT2D eigenvalue weighted by Crippen LogP contribution is 2.26. The van der Waals surface area contributed by atoms with Gasteiger partial charge in [0.2, 0.25) is 0 Å². The first kappa shape index (κ1) is 10.5. The summed E-state index contributed by atoms with van der Waals surface area (Å²) in [5.74, 6) is 1.64. The molecule has 1 aliphatic rings. The molecule has 0 saturated carbocycles. The number of rotatable bonds is 3. The second-order valence-electron chi connectivity index (χ2n) is 4.48. The van der Waals surface area contributed by atoms with Gasteiger partial charge in [0.25, 0.3) is 0 Å². The molecule has 3 N–H and O–H groups in total. The molecule has 1 aromatic carbocycles. The van der Waals surface area contributed by atoms with Crippen LogP contribution in [0, 0.1) is 0 Å². The lowest BCUT2D eigenvalue weighted by atomic mass is 10.1. The normalized spacial score (nSPS) is 13.9. The zero-order chi connectivity index (χ0) is 11.7. The van der Waals surface area contributed by atoms with Crippen molar-refractivity contribution in [3.8, 4) is 11.4 Å². The molecule has 1 heterocycles. The Kier molecular flexibility index (Phi) is 2.65. The third-order valence-electron chi connectivity index (χ3n) is 3.27. The number of benzene rings is 1. The maximum absolute atomic E-state index is 5.49. The highest BCUT2D eigenvalue weighted by Gasteiger charge is 2.13. The minimum absolute atomic E-state index is 0.596. The lowest BCUT2D eigenvalue weighted by molar-refractivity contribution is 0.874. The van der Waals surface area contributed by atoms with Crippen LogP contribution >= 0.6 is 0 Å². The van der Waals surface area contributed by atoms with Gasteiger partial charge in [-0.3, -0.25) is 5.10 Å². The highest BCUT2D eigenvalue weighted by atomic mass is 15.2. The maximum atomic E-state index is 5.49. The summed E-state index contributed by atoms with van der Waals surface area (Å²) in [6.07, 6.45) is 4.41. The average molecular weight is 228 g/mol. The van der Waals surface area contributed by atoms with Gasteiger partial charge in [-0.15, -0.1) is 0 Å². The van der Waals surface area contributed by atoms with Crippen molar-refractivity contribution in [3.63, 3.8) is 0 Å². The van der Waals surface area contributed by atoms with E-state index in [2.05, 4.69) is 33.4 Å². The van der Waals surface area contributed by atoms with Crippen molar-refractivity contribution < 1.29 is 0 Å². The van der Waals surface area contributed by atoms with Crippen molar-refractivity contribution in [1.82, 2.24) is 15.2 Å². The van der Waals surface area contributed by atoms with Gasteiger partial charge in [-0.1, -0.05) is 12.1 Å². The number of fused-ring (bicyclic) bond motifs is 1. The molecule has 17 heavy (non-hydrogen) atoms. The van der Waals surface area contributed by atoms with Gasteiger partial charge in [-0.05, 0) is 43.0 Å². The van der Waals surface area contributed by atoms with E-state index in [1.807, 2.05) is 0 Å². The predicted molar refractivity (Wildman–Crippen MR) is 66.6 cm³/mol. The van der Waals surface area contributed by atoms with Crippen molar-refractivity contribution in [3.05, 3.63) is 35.2 Å². The summed E-state index contributed by atoms with van der Waals surface area (Å²) in [5.41, 5.74) is 9.53. The molecule has 0 radical (unpaired) electrons. The average Bonchev–Trinajstić information content (AvgIpc) is 2.96. The van der Waals surface area contributed by atoms with Crippen molar-refractivity contribution in [2.75, 3.05) is 6.54 Å². The van der Waals surface area contributed by atoms with E-state index < -0.39 is 0 Å². The van der Waals surface area contributed by atoms with Gasteiger partial charge in [0.1, 0.15) is 5.82 Å².